The van der Waals surface area contributed by atoms with Gasteiger partial charge < -0.3 is 9.64 Å². The van der Waals surface area contributed by atoms with Crippen LogP contribution in [0.4, 0.5) is 19.0 Å². The molecule has 1 aliphatic carbocycles. The number of aromatic nitrogens is 2. The van der Waals surface area contributed by atoms with Crippen molar-refractivity contribution in [3.05, 3.63) is 36.7 Å². The maximum absolute atomic E-state index is 12.6. The molecule has 4 rings (SSSR count). The number of rotatable bonds is 4. The molecule has 1 spiro atoms. The molecule has 0 N–H and O–H groups in total. The van der Waals surface area contributed by atoms with E-state index in [1.54, 1.807) is 24.5 Å². The van der Waals surface area contributed by atoms with Gasteiger partial charge in [-0.05, 0) is 42.7 Å². The number of para-hydroxylation sites is 1. The number of hydrogen-bond donors (Lipinski definition) is 0. The molecule has 1 aliphatic heterocycles. The highest BCUT2D eigenvalue weighted by Gasteiger charge is 2.42. The molecule has 0 amide bonds. The maximum atomic E-state index is 12.6. The fraction of sp³-hybridized carbons (Fsp3) is 0.524. The number of piperidine rings is 1. The molecule has 1 atom stereocenters. The second-order valence-corrected chi connectivity index (χ2v) is 9.01. The van der Waals surface area contributed by atoms with E-state index >= 15 is 0 Å². The second kappa shape index (κ2) is 8.05. The molecule has 1 saturated carbocycles. The van der Waals surface area contributed by atoms with Crippen molar-refractivity contribution in [1.82, 2.24) is 9.97 Å². The fourth-order valence-electron chi connectivity index (χ4n) is 4.62. The standard InChI is InChI=1S/C21H24F3N3OS/c1-15-5-4-8-20(15)9-11-27(12-10-20)18-13-26-19(14-25-18)29-17-7-3-2-6-16(17)28-21(22,23)24/h2-3,6-7,13-15H,4-5,8-12H2,1H3/t15-/m0/s1. The zero-order valence-corrected chi connectivity index (χ0v) is 17.1. The van der Waals surface area contributed by atoms with Crippen LogP contribution < -0.4 is 9.64 Å². The first kappa shape index (κ1) is 20.3. The third-order valence-electron chi connectivity index (χ3n) is 6.34. The smallest absolute Gasteiger partial charge is 0.405 e. The van der Waals surface area contributed by atoms with E-state index in [0.29, 0.717) is 15.3 Å². The second-order valence-electron chi connectivity index (χ2n) is 7.95. The van der Waals surface area contributed by atoms with Crippen molar-refractivity contribution in [1.29, 1.82) is 0 Å². The van der Waals surface area contributed by atoms with E-state index in [-0.39, 0.29) is 5.75 Å². The molecule has 2 aliphatic rings. The van der Waals surface area contributed by atoms with Gasteiger partial charge in [0.25, 0.3) is 0 Å². The molecule has 2 heterocycles. The summed E-state index contributed by atoms with van der Waals surface area (Å²) in [7, 11) is 0. The SMILES string of the molecule is C[C@H]1CCCC12CCN(c1cnc(Sc3ccccc3OC(F)(F)F)cn1)CC2. The summed E-state index contributed by atoms with van der Waals surface area (Å²) < 4.78 is 41.9. The lowest BCUT2D eigenvalue weighted by Gasteiger charge is -2.42. The molecule has 156 valence electrons. The molecule has 1 aromatic heterocycles. The summed E-state index contributed by atoms with van der Waals surface area (Å²) in [5, 5.41) is 0.532. The topological polar surface area (TPSA) is 38.2 Å². The zero-order chi connectivity index (χ0) is 20.5. The molecule has 2 aromatic rings. The summed E-state index contributed by atoms with van der Waals surface area (Å²) in [5.74, 6) is 1.39. The highest BCUT2D eigenvalue weighted by molar-refractivity contribution is 7.99. The quantitative estimate of drug-likeness (QED) is 0.609. The number of benzene rings is 1. The number of halogens is 3. The van der Waals surface area contributed by atoms with Gasteiger partial charge in [-0.1, -0.05) is 43.7 Å². The lowest BCUT2D eigenvalue weighted by molar-refractivity contribution is -0.275. The van der Waals surface area contributed by atoms with E-state index in [2.05, 4.69) is 26.5 Å². The number of alkyl halides is 3. The maximum Gasteiger partial charge on any atom is 0.573 e. The average molecular weight is 424 g/mol. The zero-order valence-electron chi connectivity index (χ0n) is 16.3. The van der Waals surface area contributed by atoms with Crippen LogP contribution in [0.15, 0.2) is 46.6 Å². The molecular formula is C21H24F3N3OS. The summed E-state index contributed by atoms with van der Waals surface area (Å²) in [6.07, 6.45) is 5.00. The van der Waals surface area contributed by atoms with E-state index in [0.717, 1.165) is 36.6 Å². The molecular weight excluding hydrogens is 399 g/mol. The molecule has 29 heavy (non-hydrogen) atoms. The van der Waals surface area contributed by atoms with Gasteiger partial charge in [0, 0.05) is 13.1 Å². The Morgan fingerprint density at radius 1 is 1.10 bits per heavy atom. The van der Waals surface area contributed by atoms with Gasteiger partial charge in [0.15, 0.2) is 0 Å². The summed E-state index contributed by atoms with van der Waals surface area (Å²) >= 11 is 1.11. The highest BCUT2D eigenvalue weighted by atomic mass is 32.2. The number of anilines is 1. The van der Waals surface area contributed by atoms with Crippen molar-refractivity contribution in [2.45, 2.75) is 55.3 Å². The van der Waals surface area contributed by atoms with E-state index in [9.17, 15) is 13.2 Å². The van der Waals surface area contributed by atoms with Crippen molar-refractivity contribution < 1.29 is 17.9 Å². The number of nitrogens with zero attached hydrogens (tertiary/aromatic N) is 3. The van der Waals surface area contributed by atoms with Gasteiger partial charge in [-0.3, -0.25) is 0 Å². The van der Waals surface area contributed by atoms with Gasteiger partial charge in [-0.25, -0.2) is 9.97 Å². The first-order valence-electron chi connectivity index (χ1n) is 9.94. The lowest BCUT2D eigenvalue weighted by Crippen LogP contribution is -2.41. The Labute approximate surface area is 172 Å². The Bertz CT molecular complexity index is 836. The van der Waals surface area contributed by atoms with Crippen LogP contribution in [0, 0.1) is 11.3 Å². The van der Waals surface area contributed by atoms with Crippen LogP contribution in [0.5, 0.6) is 5.75 Å². The molecule has 0 radical (unpaired) electrons. The summed E-state index contributed by atoms with van der Waals surface area (Å²) in [5.41, 5.74) is 0.502. The molecule has 2 fully saturated rings. The van der Waals surface area contributed by atoms with Crippen LogP contribution in [-0.4, -0.2) is 29.4 Å². The van der Waals surface area contributed by atoms with E-state index < -0.39 is 6.36 Å². The van der Waals surface area contributed by atoms with Crippen molar-refractivity contribution in [3.63, 3.8) is 0 Å². The Morgan fingerprint density at radius 2 is 1.86 bits per heavy atom. The fourth-order valence-corrected chi connectivity index (χ4v) is 5.41. The minimum atomic E-state index is -4.73. The highest BCUT2D eigenvalue weighted by Crippen LogP contribution is 2.50. The van der Waals surface area contributed by atoms with Crippen LogP contribution >= 0.6 is 11.8 Å². The third kappa shape index (κ3) is 4.63. The monoisotopic (exact) mass is 423 g/mol. The molecule has 8 heteroatoms. The summed E-state index contributed by atoms with van der Waals surface area (Å²) in [6.45, 7) is 4.34. The first-order chi connectivity index (χ1) is 13.8. The largest absolute Gasteiger partial charge is 0.573 e. The summed E-state index contributed by atoms with van der Waals surface area (Å²) in [6, 6.07) is 6.05. The van der Waals surface area contributed by atoms with Crippen molar-refractivity contribution in [2.24, 2.45) is 11.3 Å². The minimum Gasteiger partial charge on any atom is -0.405 e. The lowest BCUT2D eigenvalue weighted by atomic mass is 9.71. The van der Waals surface area contributed by atoms with Crippen molar-refractivity contribution in [3.8, 4) is 5.75 Å². The van der Waals surface area contributed by atoms with E-state index in [1.807, 2.05) is 0 Å². The van der Waals surface area contributed by atoms with Crippen LogP contribution in [0.2, 0.25) is 0 Å². The number of ether oxygens (including phenoxy) is 1. The molecule has 0 bridgehead atoms. The molecule has 4 nitrogen and oxygen atoms in total. The molecule has 1 aromatic carbocycles. The van der Waals surface area contributed by atoms with Crippen LogP contribution in [0.3, 0.4) is 0 Å². The van der Waals surface area contributed by atoms with Crippen LogP contribution in [0.25, 0.3) is 0 Å². The van der Waals surface area contributed by atoms with Gasteiger partial charge in [0.05, 0.1) is 17.3 Å². The summed E-state index contributed by atoms with van der Waals surface area (Å²) in [4.78, 5) is 11.5. The Hall–Kier alpha value is -1.96. The minimum absolute atomic E-state index is 0.233. The van der Waals surface area contributed by atoms with Crippen LogP contribution in [-0.2, 0) is 0 Å². The van der Waals surface area contributed by atoms with Gasteiger partial charge in [-0.2, -0.15) is 0 Å². The third-order valence-corrected chi connectivity index (χ3v) is 7.32. The van der Waals surface area contributed by atoms with E-state index in [4.69, 9.17) is 0 Å². The average Bonchev–Trinajstić information content (AvgIpc) is 3.03. The van der Waals surface area contributed by atoms with Crippen LogP contribution in [0.1, 0.15) is 39.0 Å². The predicted octanol–water partition coefficient (Wildman–Crippen LogP) is 5.93. The van der Waals surface area contributed by atoms with Gasteiger partial charge in [-0.15, -0.1) is 13.2 Å². The Balaban J connectivity index is 1.41. The van der Waals surface area contributed by atoms with Crippen molar-refractivity contribution >= 4 is 17.6 Å². The predicted molar refractivity (Wildman–Crippen MR) is 106 cm³/mol. The molecule has 1 saturated heterocycles. The van der Waals surface area contributed by atoms with Gasteiger partial charge in [0.2, 0.25) is 0 Å². The van der Waals surface area contributed by atoms with Gasteiger partial charge in [0.1, 0.15) is 16.6 Å². The molecule has 0 unspecified atom stereocenters. The Kier molecular flexibility index (Phi) is 5.64. The van der Waals surface area contributed by atoms with E-state index in [1.165, 1.54) is 44.2 Å². The van der Waals surface area contributed by atoms with Gasteiger partial charge >= 0.3 is 6.36 Å². The first-order valence-corrected chi connectivity index (χ1v) is 10.8. The normalized spacial score (nSPS) is 21.5. The number of hydrogen-bond acceptors (Lipinski definition) is 5. The van der Waals surface area contributed by atoms with Crippen molar-refractivity contribution in [2.75, 3.05) is 18.0 Å². The Morgan fingerprint density at radius 3 is 2.48 bits per heavy atom.